The van der Waals surface area contributed by atoms with E-state index < -0.39 is 10.0 Å². The molecule has 3 aromatic rings. The van der Waals surface area contributed by atoms with E-state index in [1.165, 1.54) is 16.7 Å². The second kappa shape index (κ2) is 7.36. The number of ether oxygens (including phenoxy) is 2. The molecule has 0 unspecified atom stereocenters. The highest BCUT2D eigenvalue weighted by Crippen LogP contribution is 2.33. The fraction of sp³-hybridized carbons (Fsp3) is 0.444. The van der Waals surface area contributed by atoms with Gasteiger partial charge >= 0.3 is 0 Å². The third kappa shape index (κ3) is 3.12. The van der Waals surface area contributed by atoms with Crippen molar-refractivity contribution in [2.45, 2.75) is 18.4 Å². The molecule has 30 heavy (non-hydrogen) atoms. The van der Waals surface area contributed by atoms with Crippen LogP contribution in [0.3, 0.4) is 0 Å². The van der Waals surface area contributed by atoms with E-state index in [2.05, 4.69) is 20.3 Å². The first-order valence-electron chi connectivity index (χ1n) is 9.77. The number of fused-ring (bicyclic) bond motifs is 2. The molecule has 0 spiro atoms. The van der Waals surface area contributed by atoms with E-state index in [1.54, 1.807) is 16.8 Å². The van der Waals surface area contributed by atoms with E-state index in [1.807, 2.05) is 11.8 Å². The number of piperazine rings is 1. The van der Waals surface area contributed by atoms with E-state index in [4.69, 9.17) is 9.47 Å². The minimum absolute atomic E-state index is 0.204. The summed E-state index contributed by atoms with van der Waals surface area (Å²) >= 11 is 0. The van der Waals surface area contributed by atoms with Crippen LogP contribution in [0.2, 0.25) is 0 Å². The molecule has 4 heterocycles. The molecule has 2 aliphatic rings. The molecule has 0 radical (unpaired) electrons. The third-order valence-corrected chi connectivity index (χ3v) is 7.16. The predicted molar refractivity (Wildman–Crippen MR) is 107 cm³/mol. The van der Waals surface area contributed by atoms with Crippen molar-refractivity contribution in [1.82, 2.24) is 29.3 Å². The molecule has 5 rings (SSSR count). The summed E-state index contributed by atoms with van der Waals surface area (Å²) in [6, 6.07) is 4.74. The smallest absolute Gasteiger partial charge is 0.243 e. The summed E-state index contributed by atoms with van der Waals surface area (Å²) in [5, 5.41) is 8.32. The summed E-state index contributed by atoms with van der Waals surface area (Å²) in [5.41, 5.74) is 1.30. The van der Waals surface area contributed by atoms with Gasteiger partial charge in [0.1, 0.15) is 19.5 Å². The molecule has 0 atom stereocenters. The zero-order valence-electron chi connectivity index (χ0n) is 16.4. The van der Waals surface area contributed by atoms with Gasteiger partial charge < -0.3 is 14.4 Å². The SMILES string of the molecule is CCn1nnc2c(N3CCN(S(=O)(=O)c4ccc5c(c4)OCCO5)CC3)ncnc21. The van der Waals surface area contributed by atoms with Crippen molar-refractivity contribution in [2.75, 3.05) is 44.3 Å². The molecule has 1 saturated heterocycles. The van der Waals surface area contributed by atoms with Crippen molar-refractivity contribution in [3.05, 3.63) is 24.5 Å². The molecule has 1 aromatic carbocycles. The van der Waals surface area contributed by atoms with Crippen LogP contribution in [0, 0.1) is 0 Å². The summed E-state index contributed by atoms with van der Waals surface area (Å²) in [6.07, 6.45) is 1.49. The molecule has 0 N–H and O–H groups in total. The van der Waals surface area contributed by atoms with E-state index in [0.29, 0.717) is 74.4 Å². The number of aromatic nitrogens is 5. The van der Waals surface area contributed by atoms with Crippen LogP contribution in [-0.2, 0) is 16.6 Å². The van der Waals surface area contributed by atoms with Crippen LogP contribution in [0.15, 0.2) is 29.4 Å². The fourth-order valence-electron chi connectivity index (χ4n) is 3.70. The molecule has 0 bridgehead atoms. The first-order valence-corrected chi connectivity index (χ1v) is 11.2. The standard InChI is InChI=1S/C18H21N7O4S/c1-2-25-18-16(21-22-25)17(19-12-20-18)23-5-7-24(8-6-23)30(26,27)13-3-4-14-15(11-13)29-10-9-28-14/h3-4,11-12H,2,5-10H2,1H3. The second-order valence-electron chi connectivity index (χ2n) is 6.97. The Labute approximate surface area is 173 Å². The van der Waals surface area contributed by atoms with E-state index in [9.17, 15) is 8.42 Å². The maximum atomic E-state index is 13.1. The number of nitrogens with zero attached hydrogens (tertiary/aromatic N) is 7. The van der Waals surface area contributed by atoms with Crippen molar-refractivity contribution in [3.63, 3.8) is 0 Å². The number of benzene rings is 1. The average molecular weight is 431 g/mol. The summed E-state index contributed by atoms with van der Waals surface area (Å²) in [5.74, 6) is 1.71. The van der Waals surface area contributed by atoms with E-state index in [-0.39, 0.29) is 4.90 Å². The number of sulfonamides is 1. The van der Waals surface area contributed by atoms with Crippen LogP contribution in [-0.4, -0.2) is 77.1 Å². The van der Waals surface area contributed by atoms with Gasteiger partial charge in [-0.2, -0.15) is 4.31 Å². The normalized spacial score (nSPS) is 17.4. The van der Waals surface area contributed by atoms with Gasteiger partial charge in [-0.1, -0.05) is 5.21 Å². The van der Waals surface area contributed by atoms with Gasteiger partial charge in [-0.05, 0) is 19.1 Å². The van der Waals surface area contributed by atoms with E-state index >= 15 is 0 Å². The molecule has 0 amide bonds. The molecular formula is C18H21N7O4S. The van der Waals surface area contributed by atoms with Gasteiger partial charge in [0.15, 0.2) is 28.5 Å². The Kier molecular flexibility index (Phi) is 4.66. The largest absolute Gasteiger partial charge is 0.486 e. The van der Waals surface area contributed by atoms with Gasteiger partial charge in [-0.15, -0.1) is 5.10 Å². The Morgan fingerprint density at radius 2 is 1.80 bits per heavy atom. The molecule has 1 fully saturated rings. The maximum absolute atomic E-state index is 13.1. The molecular weight excluding hydrogens is 410 g/mol. The van der Waals surface area contributed by atoms with Crippen molar-refractivity contribution in [1.29, 1.82) is 0 Å². The number of hydrogen-bond acceptors (Lipinski definition) is 9. The number of rotatable bonds is 4. The Balaban J connectivity index is 1.35. The average Bonchev–Trinajstić information content (AvgIpc) is 3.22. The summed E-state index contributed by atoms with van der Waals surface area (Å²) < 4.78 is 40.5. The number of hydrogen-bond donors (Lipinski definition) is 0. The molecule has 12 heteroatoms. The zero-order valence-corrected chi connectivity index (χ0v) is 17.2. The first kappa shape index (κ1) is 19.0. The van der Waals surface area contributed by atoms with Gasteiger partial charge in [-0.25, -0.2) is 23.1 Å². The highest BCUT2D eigenvalue weighted by molar-refractivity contribution is 7.89. The molecule has 158 valence electrons. The molecule has 0 aliphatic carbocycles. The number of aryl methyl sites for hydroxylation is 1. The van der Waals surface area contributed by atoms with E-state index in [0.717, 1.165) is 0 Å². The molecule has 2 aromatic heterocycles. The Morgan fingerprint density at radius 3 is 2.57 bits per heavy atom. The molecule has 0 saturated carbocycles. The van der Waals surface area contributed by atoms with Crippen LogP contribution in [0.25, 0.3) is 11.2 Å². The van der Waals surface area contributed by atoms with Gasteiger partial charge in [-0.3, -0.25) is 0 Å². The zero-order chi connectivity index (χ0) is 20.7. The lowest BCUT2D eigenvalue weighted by atomic mass is 10.3. The Morgan fingerprint density at radius 1 is 1.03 bits per heavy atom. The topological polar surface area (TPSA) is 116 Å². The van der Waals surface area contributed by atoms with Gasteiger partial charge in [0.2, 0.25) is 10.0 Å². The third-order valence-electron chi connectivity index (χ3n) is 5.27. The lowest BCUT2D eigenvalue weighted by molar-refractivity contribution is 0.171. The first-order chi connectivity index (χ1) is 14.6. The maximum Gasteiger partial charge on any atom is 0.243 e. The summed E-state index contributed by atoms with van der Waals surface area (Å²) in [4.78, 5) is 10.9. The van der Waals surface area contributed by atoms with Crippen molar-refractivity contribution in [2.24, 2.45) is 0 Å². The molecule has 2 aliphatic heterocycles. The van der Waals surface area contributed by atoms with Crippen LogP contribution in [0.5, 0.6) is 11.5 Å². The highest BCUT2D eigenvalue weighted by atomic mass is 32.2. The summed E-state index contributed by atoms with van der Waals surface area (Å²) in [6.45, 7) is 5.17. The van der Waals surface area contributed by atoms with Crippen LogP contribution in [0.1, 0.15) is 6.92 Å². The van der Waals surface area contributed by atoms with Crippen LogP contribution in [0.4, 0.5) is 5.82 Å². The Bertz CT molecular complexity index is 1190. The quantitative estimate of drug-likeness (QED) is 0.583. The van der Waals surface area contributed by atoms with Crippen LogP contribution < -0.4 is 14.4 Å². The lowest BCUT2D eigenvalue weighted by Crippen LogP contribution is -2.49. The predicted octanol–water partition coefficient (Wildman–Crippen LogP) is 0.523. The minimum atomic E-state index is -3.64. The van der Waals surface area contributed by atoms with Gasteiger partial charge in [0.05, 0.1) is 4.90 Å². The Hall–Kier alpha value is -2.99. The van der Waals surface area contributed by atoms with Crippen molar-refractivity contribution >= 4 is 27.0 Å². The van der Waals surface area contributed by atoms with Crippen LogP contribution >= 0.6 is 0 Å². The van der Waals surface area contributed by atoms with Gasteiger partial charge in [0.25, 0.3) is 0 Å². The second-order valence-corrected chi connectivity index (χ2v) is 8.91. The monoisotopic (exact) mass is 431 g/mol. The van der Waals surface area contributed by atoms with Crippen molar-refractivity contribution < 1.29 is 17.9 Å². The number of anilines is 1. The summed E-state index contributed by atoms with van der Waals surface area (Å²) in [7, 11) is -3.64. The highest BCUT2D eigenvalue weighted by Gasteiger charge is 2.31. The fourth-order valence-corrected chi connectivity index (χ4v) is 5.14. The van der Waals surface area contributed by atoms with Crippen molar-refractivity contribution in [3.8, 4) is 11.5 Å². The molecule has 11 nitrogen and oxygen atoms in total. The van der Waals surface area contributed by atoms with Gasteiger partial charge in [0, 0.05) is 38.8 Å². The minimum Gasteiger partial charge on any atom is -0.486 e. The lowest BCUT2D eigenvalue weighted by Gasteiger charge is -2.34.